The normalized spacial score (nSPS) is 16.5. The van der Waals surface area contributed by atoms with Gasteiger partial charge in [0.2, 0.25) is 0 Å². The van der Waals surface area contributed by atoms with E-state index < -0.39 is 23.6 Å². The van der Waals surface area contributed by atoms with Gasteiger partial charge in [-0.15, -0.1) is 0 Å². The van der Waals surface area contributed by atoms with Crippen molar-refractivity contribution in [1.29, 1.82) is 0 Å². The van der Waals surface area contributed by atoms with Crippen LogP contribution >= 0.6 is 0 Å². The summed E-state index contributed by atoms with van der Waals surface area (Å²) in [5.41, 5.74) is 2.47. The Hall–Kier alpha value is -3.33. The summed E-state index contributed by atoms with van der Waals surface area (Å²) in [7, 11) is 3.50. The topological polar surface area (TPSA) is 75.8 Å². The third kappa shape index (κ3) is 5.09. The number of fused-ring (bicyclic) bond motifs is 1. The predicted molar refractivity (Wildman–Crippen MR) is 118 cm³/mol. The average Bonchev–Trinajstić information content (AvgIpc) is 3.42. The molecule has 0 radical (unpaired) electrons. The van der Waals surface area contributed by atoms with Crippen LogP contribution in [0.4, 0.5) is 13.2 Å². The Labute approximate surface area is 194 Å². The minimum atomic E-state index is -4.41. The highest BCUT2D eigenvalue weighted by atomic mass is 19.4. The molecule has 2 aromatic carbocycles. The lowest BCUT2D eigenvalue weighted by Gasteiger charge is -2.21. The third-order valence-electron chi connectivity index (χ3n) is 6.00. The first-order chi connectivity index (χ1) is 16.1. The van der Waals surface area contributed by atoms with Crippen LogP contribution in [0.5, 0.6) is 5.75 Å². The number of aliphatic carboxylic acids is 1. The van der Waals surface area contributed by atoms with Gasteiger partial charge in [-0.2, -0.15) is 13.2 Å². The van der Waals surface area contributed by atoms with Gasteiger partial charge >= 0.3 is 12.1 Å². The smallest absolute Gasteiger partial charge is 0.416 e. The van der Waals surface area contributed by atoms with Crippen LogP contribution < -0.4 is 4.74 Å². The van der Waals surface area contributed by atoms with Crippen molar-refractivity contribution >= 4 is 5.97 Å². The van der Waals surface area contributed by atoms with Gasteiger partial charge in [-0.05, 0) is 67.4 Å². The molecule has 3 aromatic rings. The van der Waals surface area contributed by atoms with Crippen LogP contribution in [0.1, 0.15) is 58.4 Å². The van der Waals surface area contributed by atoms with Crippen molar-refractivity contribution in [3.8, 4) is 5.75 Å². The average molecular weight is 474 g/mol. The Bertz CT molecular complexity index is 1140. The molecule has 1 N–H and O–H groups in total. The zero-order chi connectivity index (χ0) is 24.5. The van der Waals surface area contributed by atoms with E-state index >= 15 is 0 Å². The molecule has 6 nitrogen and oxygen atoms in total. The molecule has 0 saturated carbocycles. The summed E-state index contributed by atoms with van der Waals surface area (Å²) in [6.07, 6.45) is -2.41. The lowest BCUT2D eigenvalue weighted by molar-refractivity contribution is -0.139. The van der Waals surface area contributed by atoms with E-state index in [1.807, 2.05) is 0 Å². The van der Waals surface area contributed by atoms with E-state index in [1.165, 1.54) is 12.3 Å². The maximum atomic E-state index is 13.6. The summed E-state index contributed by atoms with van der Waals surface area (Å²) >= 11 is 0. The van der Waals surface area contributed by atoms with Gasteiger partial charge in [-0.1, -0.05) is 23.4 Å². The molecular formula is C25H25F3N2O4. The number of carbonyl (C=O) groups is 1. The highest BCUT2D eigenvalue weighted by Gasteiger charge is 2.37. The predicted octanol–water partition coefficient (Wildman–Crippen LogP) is 5.43. The number of hydrogen-bond donors (Lipinski definition) is 1. The van der Waals surface area contributed by atoms with Gasteiger partial charge in [0.15, 0.2) is 0 Å². The molecule has 0 bridgehead atoms. The van der Waals surface area contributed by atoms with Gasteiger partial charge < -0.3 is 19.3 Å². The van der Waals surface area contributed by atoms with Gasteiger partial charge in [-0.3, -0.25) is 4.79 Å². The number of ether oxygens (including phenoxy) is 1. The molecule has 34 heavy (non-hydrogen) atoms. The summed E-state index contributed by atoms with van der Waals surface area (Å²) in [4.78, 5) is 13.1. The Kier molecular flexibility index (Phi) is 6.65. The van der Waals surface area contributed by atoms with Crippen LogP contribution in [-0.2, 0) is 23.9 Å². The number of carboxylic acid groups (broad SMARTS) is 1. The van der Waals surface area contributed by atoms with Crippen LogP contribution in [0, 0.1) is 0 Å². The number of nitrogens with zero attached hydrogens (tertiary/aromatic N) is 2. The van der Waals surface area contributed by atoms with Crippen LogP contribution in [0.3, 0.4) is 0 Å². The fourth-order valence-corrected chi connectivity index (χ4v) is 4.54. The van der Waals surface area contributed by atoms with Gasteiger partial charge in [0.05, 0.1) is 17.7 Å². The monoisotopic (exact) mass is 474 g/mol. The largest absolute Gasteiger partial charge is 0.486 e. The first-order valence-corrected chi connectivity index (χ1v) is 10.9. The lowest BCUT2D eigenvalue weighted by Crippen LogP contribution is -2.18. The molecule has 1 unspecified atom stereocenters. The minimum Gasteiger partial charge on any atom is -0.486 e. The Balaban J connectivity index is 1.57. The molecule has 9 heteroatoms. The second-order valence-electron chi connectivity index (χ2n) is 8.68. The van der Waals surface area contributed by atoms with Crippen LogP contribution in [-0.4, -0.2) is 35.2 Å². The van der Waals surface area contributed by atoms with Crippen molar-refractivity contribution in [3.63, 3.8) is 0 Å². The number of aromatic nitrogens is 1. The summed E-state index contributed by atoms with van der Waals surface area (Å²) in [6.45, 7) is 0.201. The number of carboxylic acids is 1. The maximum absolute atomic E-state index is 13.6. The summed E-state index contributed by atoms with van der Waals surface area (Å²) < 4.78 is 51.8. The van der Waals surface area contributed by atoms with E-state index in [9.17, 15) is 23.1 Å². The number of halogens is 3. The molecule has 0 aliphatic heterocycles. The van der Waals surface area contributed by atoms with Crippen molar-refractivity contribution in [1.82, 2.24) is 10.1 Å². The number of benzene rings is 2. The van der Waals surface area contributed by atoms with E-state index in [1.54, 1.807) is 49.3 Å². The summed E-state index contributed by atoms with van der Waals surface area (Å²) in [5.74, 6) is -0.862. The summed E-state index contributed by atoms with van der Waals surface area (Å²) in [6, 6.07) is 11.3. The van der Waals surface area contributed by atoms with Crippen molar-refractivity contribution in [2.75, 3.05) is 14.1 Å². The van der Waals surface area contributed by atoms with Crippen molar-refractivity contribution in [2.45, 2.75) is 44.0 Å². The van der Waals surface area contributed by atoms with Crippen LogP contribution in [0.15, 0.2) is 53.3 Å². The molecule has 0 amide bonds. The zero-order valence-corrected chi connectivity index (χ0v) is 18.8. The first kappa shape index (κ1) is 23.8. The van der Waals surface area contributed by atoms with Crippen molar-refractivity contribution in [3.05, 3.63) is 82.2 Å². The highest BCUT2D eigenvalue weighted by Crippen LogP contribution is 2.42. The second-order valence-corrected chi connectivity index (χ2v) is 8.68. The molecule has 180 valence electrons. The fraction of sp³-hybridized carbons (Fsp3) is 0.360. The van der Waals surface area contributed by atoms with Gasteiger partial charge in [-0.25, -0.2) is 0 Å². The maximum Gasteiger partial charge on any atom is 0.416 e. The molecule has 4 rings (SSSR count). The first-order valence-electron chi connectivity index (χ1n) is 10.9. The van der Waals surface area contributed by atoms with Crippen LogP contribution in [0.25, 0.3) is 0 Å². The Morgan fingerprint density at radius 2 is 1.94 bits per heavy atom. The summed E-state index contributed by atoms with van der Waals surface area (Å²) in [5, 5.41) is 13.1. The van der Waals surface area contributed by atoms with Gasteiger partial charge in [0, 0.05) is 18.5 Å². The van der Waals surface area contributed by atoms with E-state index in [0.29, 0.717) is 35.4 Å². The standard InChI is InChI=1S/C25H25F3N2O4/c1-30(2)14-20-17-8-10-23(18(17)7-9-21(20)25(26,27)28)34-16-5-3-15(4-6-16)19(13-24(31)32)22-11-12-33-29-22/h3-7,9,11-12,19,23H,8,10,13-14H2,1-2H3,(H,31,32)/t19?,23-/m1/s1. The van der Waals surface area contributed by atoms with Gasteiger partial charge in [0.25, 0.3) is 0 Å². The number of hydrogen-bond acceptors (Lipinski definition) is 5. The van der Waals surface area contributed by atoms with E-state index in [-0.39, 0.29) is 19.1 Å². The zero-order valence-electron chi connectivity index (χ0n) is 18.8. The minimum absolute atomic E-state index is 0.140. The van der Waals surface area contributed by atoms with E-state index in [4.69, 9.17) is 9.26 Å². The van der Waals surface area contributed by atoms with Crippen molar-refractivity contribution in [2.24, 2.45) is 0 Å². The van der Waals surface area contributed by atoms with E-state index in [2.05, 4.69) is 5.16 Å². The molecule has 1 aliphatic carbocycles. The highest BCUT2D eigenvalue weighted by molar-refractivity contribution is 5.68. The van der Waals surface area contributed by atoms with Crippen molar-refractivity contribution < 1.29 is 32.3 Å². The van der Waals surface area contributed by atoms with Gasteiger partial charge in [0.1, 0.15) is 18.1 Å². The molecule has 1 aliphatic rings. The van der Waals surface area contributed by atoms with E-state index in [0.717, 1.165) is 17.2 Å². The quantitative estimate of drug-likeness (QED) is 0.469. The molecule has 0 spiro atoms. The Morgan fingerprint density at radius 3 is 2.53 bits per heavy atom. The fourth-order valence-electron chi connectivity index (χ4n) is 4.54. The number of rotatable bonds is 8. The SMILES string of the molecule is CN(C)Cc1c(C(F)(F)F)ccc2c1CC[C@H]2Oc1ccc(C(CC(=O)O)c2ccon2)cc1. The second kappa shape index (κ2) is 9.50. The molecular weight excluding hydrogens is 449 g/mol. The lowest BCUT2D eigenvalue weighted by atomic mass is 9.92. The molecule has 2 atom stereocenters. The number of alkyl halides is 3. The Morgan fingerprint density at radius 1 is 1.21 bits per heavy atom. The molecule has 0 fully saturated rings. The molecule has 0 saturated heterocycles. The molecule has 1 heterocycles. The third-order valence-corrected chi connectivity index (χ3v) is 6.00. The van der Waals surface area contributed by atoms with Crippen LogP contribution in [0.2, 0.25) is 0 Å². The molecule has 1 aromatic heterocycles.